The molecule has 1 aromatic heterocycles. The number of aliphatic carboxylic acids is 1. The number of hydrogen-bond acceptors (Lipinski definition) is 19. The Hall–Kier alpha value is -7.77. The van der Waals surface area contributed by atoms with E-state index in [0.717, 1.165) is 57.5 Å². The zero-order valence-electron chi connectivity index (χ0n) is 85.2. The molecule has 8 saturated carbocycles. The van der Waals surface area contributed by atoms with E-state index in [0.29, 0.717) is 109 Å². The van der Waals surface area contributed by atoms with E-state index < -0.39 is 23.1 Å². The number of fused-ring (bicyclic) bond motifs is 5. The second-order valence-electron chi connectivity index (χ2n) is 43.8. The first-order valence-corrected chi connectivity index (χ1v) is 52.8. The van der Waals surface area contributed by atoms with Crippen LogP contribution in [0.25, 0.3) is 22.0 Å². The Balaban J connectivity index is 0.000000447. The number of aliphatic hydroxyl groups excluding tert-OH is 1. The van der Waals surface area contributed by atoms with E-state index in [4.69, 9.17) is 29.4 Å². The molecule has 0 radical (unpaired) electrons. The number of hydrogen-bond donors (Lipinski definition) is 6. The monoisotopic (exact) mass is 2020 g/mol. The van der Waals surface area contributed by atoms with Crippen LogP contribution in [0.3, 0.4) is 0 Å². The first-order valence-electron chi connectivity index (χ1n) is 52.8. The number of carbonyl (C=O) groups is 9. The predicted octanol–water partition coefficient (Wildman–Crippen LogP) is 23.9. The molecule has 6 aromatic rings. The maximum atomic E-state index is 13.6. The van der Waals surface area contributed by atoms with Crippen molar-refractivity contribution < 1.29 is 112 Å². The van der Waals surface area contributed by atoms with Gasteiger partial charge in [0.1, 0.15) is 46.7 Å². The molecule has 22 nitrogen and oxygen atoms in total. The van der Waals surface area contributed by atoms with Gasteiger partial charge in [-0.3, -0.25) is 48.2 Å². The van der Waals surface area contributed by atoms with Gasteiger partial charge in [-0.25, -0.2) is 4.79 Å². The topological polar surface area (TPSA) is 321 Å². The maximum Gasteiger partial charge on any atom is 1.00 e. The molecular weight excluding hydrogens is 1830 g/mol. The average Bonchev–Trinajstić information content (AvgIpc) is 1.60. The molecule has 0 amide bonds. The Labute approximate surface area is 896 Å². The molecule has 4 saturated heterocycles. The summed E-state index contributed by atoms with van der Waals surface area (Å²) in [6, 6.07) is 46.4. The number of aromatic amines is 1. The van der Waals surface area contributed by atoms with E-state index in [1.807, 2.05) is 215 Å². The van der Waals surface area contributed by atoms with Gasteiger partial charge in [0.05, 0.1) is 13.1 Å². The zero-order chi connectivity index (χ0) is 98.4. The van der Waals surface area contributed by atoms with Crippen molar-refractivity contribution in [1.29, 1.82) is 0 Å². The van der Waals surface area contributed by atoms with Crippen molar-refractivity contribution in [2.75, 3.05) is 19.7 Å². The summed E-state index contributed by atoms with van der Waals surface area (Å²) in [4.78, 5) is 119. The first-order chi connectivity index (χ1) is 65.9. The van der Waals surface area contributed by atoms with E-state index >= 15 is 0 Å². The van der Waals surface area contributed by atoms with Gasteiger partial charge in [-0.05, 0) is 203 Å². The fraction of sp³-hybridized carbons (Fsp3) is 0.664. The van der Waals surface area contributed by atoms with Crippen LogP contribution in [-0.2, 0) is 43.1 Å². The molecular formula is C122H192N5NaO17. The van der Waals surface area contributed by atoms with Crippen molar-refractivity contribution in [1.82, 2.24) is 25.4 Å². The van der Waals surface area contributed by atoms with Crippen LogP contribution in [-0.4, -0.2) is 169 Å². The maximum absolute atomic E-state index is 13.6. The Morgan fingerprint density at radius 1 is 0.379 bits per heavy atom. The minimum atomic E-state index is -0.940. The minimum Gasteiger partial charge on any atom is -0.662 e. The normalized spacial score (nSPS) is 25.8. The number of carboxylic acid groups (broad SMARTS) is 2. The molecule has 145 heavy (non-hydrogen) atoms. The summed E-state index contributed by atoms with van der Waals surface area (Å²) >= 11 is 0. The molecule has 4 aliphatic heterocycles. The van der Waals surface area contributed by atoms with Gasteiger partial charge in [0.25, 0.3) is 6.47 Å². The molecule has 5 heterocycles. The number of aromatic nitrogens is 1. The third-order valence-corrected chi connectivity index (χ3v) is 31.3. The van der Waals surface area contributed by atoms with Crippen LogP contribution in [0.15, 0.2) is 146 Å². The number of aliphatic hydroxyl groups is 1. The van der Waals surface area contributed by atoms with Crippen LogP contribution in [0.2, 0.25) is 0 Å². The molecule has 12 unspecified atom stereocenters. The van der Waals surface area contributed by atoms with E-state index in [1.54, 1.807) is 6.92 Å². The van der Waals surface area contributed by atoms with Crippen molar-refractivity contribution in [3.05, 3.63) is 168 Å². The average molecular weight is 2020 g/mol. The molecule has 808 valence electrons. The van der Waals surface area contributed by atoms with Crippen LogP contribution in [0, 0.1) is 71.0 Å². The largest absolute Gasteiger partial charge is 1.00 e. The van der Waals surface area contributed by atoms with Crippen LogP contribution in [0.1, 0.15) is 407 Å². The Morgan fingerprint density at radius 2 is 0.669 bits per heavy atom. The van der Waals surface area contributed by atoms with Gasteiger partial charge in [-0.2, -0.15) is 0 Å². The number of rotatable bonds is 19. The molecule has 12 fully saturated rings. The second kappa shape index (κ2) is 64.7. The van der Waals surface area contributed by atoms with Crippen molar-refractivity contribution in [2.45, 2.75) is 431 Å². The molecule has 0 bridgehead atoms. The van der Waals surface area contributed by atoms with E-state index in [9.17, 15) is 48.6 Å². The van der Waals surface area contributed by atoms with Crippen molar-refractivity contribution in [3.8, 4) is 11.1 Å². The van der Waals surface area contributed by atoms with Gasteiger partial charge in [0, 0.05) is 70.4 Å². The zero-order valence-corrected chi connectivity index (χ0v) is 87.2. The number of carboxylic acids is 2. The second-order valence-corrected chi connectivity index (χ2v) is 43.8. The van der Waals surface area contributed by atoms with Crippen molar-refractivity contribution in [2.24, 2.45) is 71.0 Å². The van der Waals surface area contributed by atoms with Gasteiger partial charge in [-0.1, -0.05) is 378 Å². The third-order valence-electron chi connectivity index (χ3n) is 31.3. The van der Waals surface area contributed by atoms with E-state index in [-0.39, 0.29) is 165 Å². The number of ether oxygens (including phenoxy) is 3. The van der Waals surface area contributed by atoms with Gasteiger partial charge < -0.3 is 55.3 Å². The summed E-state index contributed by atoms with van der Waals surface area (Å²) < 4.78 is 17.7. The number of para-hydroxylation sites is 1. The smallest absolute Gasteiger partial charge is 0.662 e. The number of likely N-dealkylation sites (tertiary alicyclic amines) is 2. The van der Waals surface area contributed by atoms with Crippen LogP contribution < -0.4 is 45.4 Å². The molecule has 0 spiro atoms. The number of ketones is 3. The summed E-state index contributed by atoms with van der Waals surface area (Å²) in [5.74, 6) is 5.15. The molecule has 16 atom stereocenters. The summed E-state index contributed by atoms with van der Waals surface area (Å²) in [5.41, 5.74) is 3.60. The number of nitrogens with zero attached hydrogens (tertiary/aromatic N) is 2. The molecule has 6 N–H and O–H groups in total. The first kappa shape index (κ1) is 131. The van der Waals surface area contributed by atoms with Crippen molar-refractivity contribution in [3.63, 3.8) is 0 Å². The summed E-state index contributed by atoms with van der Waals surface area (Å²) in [7, 11) is 0. The van der Waals surface area contributed by atoms with E-state index in [1.165, 1.54) is 218 Å². The quantitative estimate of drug-likeness (QED) is 0.00834. The predicted molar refractivity (Wildman–Crippen MR) is 584 cm³/mol. The van der Waals surface area contributed by atoms with Gasteiger partial charge in [-0.15, -0.1) is 0 Å². The molecule has 12 aliphatic rings. The van der Waals surface area contributed by atoms with Crippen LogP contribution in [0.5, 0.6) is 0 Å². The molecule has 23 heteroatoms. The van der Waals surface area contributed by atoms with Gasteiger partial charge >= 0.3 is 59.4 Å². The number of esters is 3. The number of H-pyrrole nitrogens is 1. The van der Waals surface area contributed by atoms with Gasteiger partial charge in [0.2, 0.25) is 0 Å². The molecule has 5 aromatic carbocycles. The Morgan fingerprint density at radius 3 is 1.01 bits per heavy atom. The number of aromatic carboxylic acids is 1. The number of benzene rings is 5. The number of nitrogens with one attached hydrogen (secondary N) is 3. The summed E-state index contributed by atoms with van der Waals surface area (Å²) in [6.45, 7) is 21.9. The fourth-order valence-electron chi connectivity index (χ4n) is 26.1. The van der Waals surface area contributed by atoms with Crippen LogP contribution >= 0.6 is 0 Å². The summed E-state index contributed by atoms with van der Waals surface area (Å²) in [5, 5.41) is 42.9. The van der Waals surface area contributed by atoms with Crippen LogP contribution in [0.4, 0.5) is 0 Å². The number of Topliss-reactive ketones (excluding diaryl/α,β-unsaturated/α-hetero) is 3. The summed E-state index contributed by atoms with van der Waals surface area (Å²) in [6.07, 6.45) is 46.0. The molecule has 18 rings (SSSR count). The minimum absolute atomic E-state index is 0. The van der Waals surface area contributed by atoms with Crippen molar-refractivity contribution >= 4 is 64.6 Å². The fourth-order valence-corrected chi connectivity index (χ4v) is 26.1. The Bertz CT molecular complexity index is 4590. The standard InChI is InChI=1S/2C27H39NO3.C19H33NO2.C15H25NO2.C15H11NO2.C9H10O.C2H6O.CH2O3.7CH4.Na/c2*1-27(2,3)31-26(30)25-24(20-14-8-5-9-15-20)21-16-10-11-17-22(21)28(25)18-23(29)19-12-6-4-7-13-19;1-19(2,3)22-18(21)17-16(13-9-5-4-6-10-13)14-11-7-8-12-15(14)20-17;2*17-15(18)14-13(10-6-2-1-3-7-10)11-8-4-5-9-12(11)16-14;1-2-9(10)8-6-4-3-5-7-8;1-2-3;2-1-4-3;;;;;;;;/h2*4,6-7,12-13,20-22,24-25H,5,8-11,14-18H2,1-3H3;13-17,20H,4-12H2,1-3H3;10-14,16H,1-9H2,(H,17,18);1-9,16H,(H,17,18);3-7H,2H2,1H3;3H,2H2,1H3;1,3H;7*1H4;/q;;;;;;;;;;;;;;;+1/p-1/t21?,22?,24-,25-;;14?,15?,16-,17-;;;;;;;;;;;;;/m0.0............./s1. The number of carbonyl (C=O) groups excluding carboxylic acids is 7. The third kappa shape index (κ3) is 37.1. The SMILES string of the molecule is C.C.C.C.C.C.C.CC(C)(C)OC(=O)C1C(C2CCCCC2)C2CCCCC2N1CC(=O)c1ccccc1.CC(C)(C)OC(=O)[C@@H]1[C@@H](C2CCCCC2)C2CCCCC2N1CC(=O)c1ccccc1.CC(C)(C)OC(=O)[C@H]1NC2CCCCC2[C@@H]1C1CCCCC1.CCC(=O)c1ccccc1.CCO.O=C(O)C1NC2CCCCC2C1C1CCCCC1.O=C(O)c1[nH]c2ccccc2c1-c1ccccc1.O=CO[O-].[Na+]. The van der Waals surface area contributed by atoms with Gasteiger partial charge in [0.15, 0.2) is 17.3 Å². The Kier molecular flexibility index (Phi) is 58.6. The molecule has 8 aliphatic carbocycles. The van der Waals surface area contributed by atoms with E-state index in [2.05, 4.69) is 30.3 Å².